The van der Waals surface area contributed by atoms with Crippen LogP contribution in [0.3, 0.4) is 0 Å². The van der Waals surface area contributed by atoms with Crippen molar-refractivity contribution < 1.29 is 9.84 Å². The lowest BCUT2D eigenvalue weighted by Crippen LogP contribution is -2.13. The Kier molecular flexibility index (Phi) is 4.82. The Morgan fingerprint density at radius 3 is 2.61 bits per heavy atom. The first-order valence-corrected chi connectivity index (χ1v) is 6.79. The van der Waals surface area contributed by atoms with E-state index in [2.05, 4.69) is 18.2 Å². The summed E-state index contributed by atoms with van der Waals surface area (Å²) in [6.07, 6.45) is 8.41. The fraction of sp³-hybridized carbons (Fsp3) is 0.500. The topological polar surface area (TPSA) is 29.5 Å². The first-order chi connectivity index (χ1) is 8.79. The van der Waals surface area contributed by atoms with Crippen molar-refractivity contribution in [1.29, 1.82) is 0 Å². The van der Waals surface area contributed by atoms with Crippen LogP contribution in [0, 0.1) is 0 Å². The van der Waals surface area contributed by atoms with Crippen molar-refractivity contribution in [2.75, 3.05) is 7.11 Å². The van der Waals surface area contributed by atoms with Gasteiger partial charge in [-0.15, -0.1) is 0 Å². The molecule has 1 N–H and O–H groups in total. The average Bonchev–Trinajstić information content (AvgIpc) is 2.46. The van der Waals surface area contributed by atoms with E-state index in [1.165, 1.54) is 24.0 Å². The smallest absolute Gasteiger partial charge is 0.118 e. The van der Waals surface area contributed by atoms with Crippen LogP contribution in [0.25, 0.3) is 0 Å². The van der Waals surface area contributed by atoms with Gasteiger partial charge in [0.1, 0.15) is 5.75 Å². The molecule has 0 heterocycles. The normalized spacial score (nSPS) is 17.1. The van der Waals surface area contributed by atoms with Gasteiger partial charge in [-0.1, -0.05) is 18.2 Å². The number of allylic oxidation sites excluding steroid dienone is 1. The van der Waals surface area contributed by atoms with Gasteiger partial charge in [0.25, 0.3) is 0 Å². The molecule has 0 fully saturated rings. The summed E-state index contributed by atoms with van der Waals surface area (Å²) >= 11 is 0. The van der Waals surface area contributed by atoms with Crippen LogP contribution in [-0.4, -0.2) is 18.3 Å². The molecular formula is C16H22O2. The number of rotatable bonds is 5. The minimum atomic E-state index is -0.257. The van der Waals surface area contributed by atoms with Crippen molar-refractivity contribution in [2.45, 2.75) is 44.6 Å². The molecule has 0 bridgehead atoms. The summed E-state index contributed by atoms with van der Waals surface area (Å²) in [6.45, 7) is 0. The molecule has 1 aliphatic rings. The predicted molar refractivity (Wildman–Crippen MR) is 73.9 cm³/mol. The van der Waals surface area contributed by atoms with Gasteiger partial charge in [-0.05, 0) is 61.8 Å². The highest BCUT2D eigenvalue weighted by Crippen LogP contribution is 2.23. The van der Waals surface area contributed by atoms with Crippen molar-refractivity contribution >= 4 is 0 Å². The second kappa shape index (κ2) is 6.60. The fourth-order valence-electron chi connectivity index (χ4n) is 2.45. The van der Waals surface area contributed by atoms with Crippen LogP contribution in [0.4, 0.5) is 0 Å². The maximum atomic E-state index is 10.1. The highest BCUT2D eigenvalue weighted by Gasteiger charge is 2.13. The first-order valence-electron chi connectivity index (χ1n) is 6.79. The Hall–Kier alpha value is -1.28. The number of hydrogen-bond acceptors (Lipinski definition) is 2. The van der Waals surface area contributed by atoms with E-state index in [-0.39, 0.29) is 6.10 Å². The van der Waals surface area contributed by atoms with Crippen LogP contribution in [0.15, 0.2) is 35.9 Å². The van der Waals surface area contributed by atoms with Gasteiger partial charge in [-0.2, -0.15) is 0 Å². The zero-order valence-corrected chi connectivity index (χ0v) is 11.1. The molecule has 0 saturated heterocycles. The van der Waals surface area contributed by atoms with E-state index < -0.39 is 0 Å². The zero-order chi connectivity index (χ0) is 12.8. The molecule has 1 aliphatic carbocycles. The minimum absolute atomic E-state index is 0.257. The second-order valence-electron chi connectivity index (χ2n) is 4.93. The molecule has 18 heavy (non-hydrogen) atoms. The molecule has 0 aromatic heterocycles. The number of ether oxygens (including phenoxy) is 1. The molecule has 2 heteroatoms. The number of aliphatic hydroxyl groups is 1. The molecular weight excluding hydrogens is 224 g/mol. The van der Waals surface area contributed by atoms with Gasteiger partial charge in [0.15, 0.2) is 0 Å². The summed E-state index contributed by atoms with van der Waals surface area (Å²) in [4.78, 5) is 0. The lowest BCUT2D eigenvalue weighted by molar-refractivity contribution is 0.194. The standard InChI is InChI=1S/C16H22O2/c1-18-15-10-7-13(8-11-15)9-12-16(17)14-5-3-2-4-6-14/h5,7-8,10-11,16-17H,2-4,6,9,12H2,1H3. The van der Waals surface area contributed by atoms with Crippen molar-refractivity contribution in [3.63, 3.8) is 0 Å². The second-order valence-corrected chi connectivity index (χ2v) is 4.93. The molecule has 2 rings (SSSR count). The van der Waals surface area contributed by atoms with Crippen LogP contribution < -0.4 is 4.74 Å². The van der Waals surface area contributed by atoms with Gasteiger partial charge < -0.3 is 9.84 Å². The number of benzene rings is 1. The summed E-state index contributed by atoms with van der Waals surface area (Å²) in [5.41, 5.74) is 2.50. The summed E-state index contributed by atoms with van der Waals surface area (Å²) in [5.74, 6) is 0.884. The highest BCUT2D eigenvalue weighted by molar-refractivity contribution is 5.27. The number of aryl methyl sites for hydroxylation is 1. The predicted octanol–water partition coefficient (Wildman–Crippen LogP) is 3.49. The van der Waals surface area contributed by atoms with Crippen LogP contribution in [-0.2, 0) is 6.42 Å². The van der Waals surface area contributed by atoms with Gasteiger partial charge in [-0.25, -0.2) is 0 Å². The Labute approximate surface area is 109 Å². The zero-order valence-electron chi connectivity index (χ0n) is 11.1. The molecule has 1 unspecified atom stereocenters. The van der Waals surface area contributed by atoms with Gasteiger partial charge in [0.05, 0.1) is 13.2 Å². The van der Waals surface area contributed by atoms with E-state index in [1.54, 1.807) is 7.11 Å². The summed E-state index contributed by atoms with van der Waals surface area (Å²) in [7, 11) is 1.67. The fourth-order valence-corrected chi connectivity index (χ4v) is 2.45. The summed E-state index contributed by atoms with van der Waals surface area (Å²) in [5, 5.41) is 10.1. The molecule has 1 aromatic rings. The summed E-state index contributed by atoms with van der Waals surface area (Å²) in [6, 6.07) is 8.09. The van der Waals surface area contributed by atoms with Crippen molar-refractivity contribution in [2.24, 2.45) is 0 Å². The molecule has 98 valence electrons. The largest absolute Gasteiger partial charge is 0.497 e. The maximum absolute atomic E-state index is 10.1. The van der Waals surface area contributed by atoms with Crippen molar-refractivity contribution in [1.82, 2.24) is 0 Å². The monoisotopic (exact) mass is 246 g/mol. The third-order valence-corrected chi connectivity index (χ3v) is 3.62. The van der Waals surface area contributed by atoms with E-state index in [4.69, 9.17) is 4.74 Å². The summed E-state index contributed by atoms with van der Waals surface area (Å²) < 4.78 is 5.13. The van der Waals surface area contributed by atoms with Crippen LogP contribution in [0.1, 0.15) is 37.7 Å². The molecule has 1 atom stereocenters. The Bertz CT molecular complexity index is 392. The van der Waals surface area contributed by atoms with Crippen molar-refractivity contribution in [3.05, 3.63) is 41.5 Å². The van der Waals surface area contributed by atoms with Gasteiger partial charge in [-0.3, -0.25) is 0 Å². The highest BCUT2D eigenvalue weighted by atomic mass is 16.5. The van der Waals surface area contributed by atoms with Crippen LogP contribution in [0.2, 0.25) is 0 Å². The third kappa shape index (κ3) is 3.61. The van der Waals surface area contributed by atoms with Crippen LogP contribution >= 0.6 is 0 Å². The minimum Gasteiger partial charge on any atom is -0.497 e. The number of aliphatic hydroxyl groups excluding tert-OH is 1. The number of hydrogen-bond donors (Lipinski definition) is 1. The number of methoxy groups -OCH3 is 1. The molecule has 0 aliphatic heterocycles. The first kappa shape index (κ1) is 13.2. The Morgan fingerprint density at radius 1 is 1.22 bits per heavy atom. The molecule has 1 aromatic carbocycles. The van der Waals surface area contributed by atoms with Crippen LogP contribution in [0.5, 0.6) is 5.75 Å². The van der Waals surface area contributed by atoms with E-state index >= 15 is 0 Å². The molecule has 0 amide bonds. The van der Waals surface area contributed by atoms with E-state index in [0.717, 1.165) is 31.4 Å². The van der Waals surface area contributed by atoms with E-state index in [0.29, 0.717) is 0 Å². The molecule has 2 nitrogen and oxygen atoms in total. The Morgan fingerprint density at radius 2 is 2.00 bits per heavy atom. The van der Waals surface area contributed by atoms with Gasteiger partial charge in [0.2, 0.25) is 0 Å². The molecule has 0 radical (unpaired) electrons. The van der Waals surface area contributed by atoms with E-state index in [9.17, 15) is 5.11 Å². The quantitative estimate of drug-likeness (QED) is 0.806. The molecule has 0 spiro atoms. The average molecular weight is 246 g/mol. The maximum Gasteiger partial charge on any atom is 0.118 e. The Balaban J connectivity index is 1.84. The lowest BCUT2D eigenvalue weighted by atomic mass is 9.92. The lowest BCUT2D eigenvalue weighted by Gasteiger charge is -2.18. The SMILES string of the molecule is COc1ccc(CCC(O)C2=CCCCC2)cc1. The van der Waals surface area contributed by atoms with E-state index in [1.807, 2.05) is 12.1 Å². The third-order valence-electron chi connectivity index (χ3n) is 3.62. The van der Waals surface area contributed by atoms with Crippen molar-refractivity contribution in [3.8, 4) is 5.75 Å². The molecule has 0 saturated carbocycles. The van der Waals surface area contributed by atoms with Gasteiger partial charge in [0, 0.05) is 0 Å². The van der Waals surface area contributed by atoms with Gasteiger partial charge >= 0.3 is 0 Å².